The predicted molar refractivity (Wildman–Crippen MR) is 106 cm³/mol. The molecule has 0 atom stereocenters. The standard InChI is InChI=1S/C20H27N3O4S/c1-4-27-14-17-13-21-15(2)22-20(17)16-9-11-23(12-10-16)28(24,25)19-7-5-18(26-3)6-8-19/h5-8,13,16H,4,9-12,14H2,1-3H3. The number of aryl methyl sites for hydroxylation is 1. The Bertz CT molecular complexity index is 892. The number of ether oxygens (including phenoxy) is 2. The third kappa shape index (κ3) is 4.51. The second-order valence-electron chi connectivity index (χ2n) is 6.82. The van der Waals surface area contributed by atoms with E-state index in [1.807, 2.05) is 20.0 Å². The van der Waals surface area contributed by atoms with Gasteiger partial charge in [-0.05, 0) is 51.0 Å². The third-order valence-electron chi connectivity index (χ3n) is 5.02. The number of benzene rings is 1. The van der Waals surface area contributed by atoms with Crippen LogP contribution in [0.15, 0.2) is 35.4 Å². The van der Waals surface area contributed by atoms with Crippen LogP contribution in [-0.2, 0) is 21.4 Å². The molecule has 7 nitrogen and oxygen atoms in total. The van der Waals surface area contributed by atoms with Crippen LogP contribution in [-0.4, -0.2) is 49.5 Å². The molecular formula is C20H27N3O4S. The van der Waals surface area contributed by atoms with Crippen molar-refractivity contribution in [1.82, 2.24) is 14.3 Å². The molecule has 0 aliphatic carbocycles. The number of piperidine rings is 1. The Morgan fingerprint density at radius 3 is 2.46 bits per heavy atom. The summed E-state index contributed by atoms with van der Waals surface area (Å²) in [6.07, 6.45) is 3.28. The summed E-state index contributed by atoms with van der Waals surface area (Å²) in [5.41, 5.74) is 1.98. The van der Waals surface area contributed by atoms with Crippen molar-refractivity contribution in [3.63, 3.8) is 0 Å². The van der Waals surface area contributed by atoms with Crippen molar-refractivity contribution in [2.75, 3.05) is 26.8 Å². The number of hydrogen-bond donors (Lipinski definition) is 0. The molecule has 28 heavy (non-hydrogen) atoms. The van der Waals surface area contributed by atoms with Crippen molar-refractivity contribution in [2.45, 2.75) is 44.1 Å². The highest BCUT2D eigenvalue weighted by atomic mass is 32.2. The topological polar surface area (TPSA) is 81.6 Å². The normalized spacial score (nSPS) is 16.2. The molecule has 1 aliphatic rings. The van der Waals surface area contributed by atoms with Crippen LogP contribution in [0.2, 0.25) is 0 Å². The average Bonchev–Trinajstić information content (AvgIpc) is 2.73. The molecule has 2 aromatic rings. The molecule has 1 fully saturated rings. The van der Waals surface area contributed by atoms with E-state index in [0.717, 1.165) is 29.9 Å². The van der Waals surface area contributed by atoms with Crippen molar-refractivity contribution in [3.05, 3.63) is 47.5 Å². The summed E-state index contributed by atoms with van der Waals surface area (Å²) in [6.45, 7) is 5.88. The van der Waals surface area contributed by atoms with Gasteiger partial charge in [0.15, 0.2) is 0 Å². The molecule has 8 heteroatoms. The van der Waals surface area contributed by atoms with Gasteiger partial charge in [0.2, 0.25) is 10.0 Å². The van der Waals surface area contributed by atoms with Crippen LogP contribution in [0.1, 0.15) is 42.8 Å². The lowest BCUT2D eigenvalue weighted by molar-refractivity contribution is 0.132. The van der Waals surface area contributed by atoms with E-state index in [-0.39, 0.29) is 5.92 Å². The molecular weight excluding hydrogens is 378 g/mol. The van der Waals surface area contributed by atoms with E-state index in [2.05, 4.69) is 9.97 Å². The van der Waals surface area contributed by atoms with Gasteiger partial charge in [0, 0.05) is 37.4 Å². The molecule has 1 saturated heterocycles. The second-order valence-corrected chi connectivity index (χ2v) is 8.76. The van der Waals surface area contributed by atoms with Crippen molar-refractivity contribution in [1.29, 1.82) is 0 Å². The lowest BCUT2D eigenvalue weighted by atomic mass is 9.92. The summed E-state index contributed by atoms with van der Waals surface area (Å²) in [5.74, 6) is 1.57. The van der Waals surface area contributed by atoms with E-state index in [0.29, 0.717) is 36.9 Å². The first-order chi connectivity index (χ1) is 13.5. The summed E-state index contributed by atoms with van der Waals surface area (Å²) in [4.78, 5) is 9.22. The number of nitrogens with zero attached hydrogens (tertiary/aromatic N) is 3. The van der Waals surface area contributed by atoms with Crippen LogP contribution in [0.4, 0.5) is 0 Å². The maximum absolute atomic E-state index is 12.9. The van der Waals surface area contributed by atoms with E-state index in [1.165, 1.54) is 0 Å². The first kappa shape index (κ1) is 20.7. The van der Waals surface area contributed by atoms with Gasteiger partial charge in [0.05, 0.1) is 24.3 Å². The summed E-state index contributed by atoms with van der Waals surface area (Å²) in [7, 11) is -1.95. The Morgan fingerprint density at radius 1 is 1.18 bits per heavy atom. The highest BCUT2D eigenvalue weighted by molar-refractivity contribution is 7.89. The minimum Gasteiger partial charge on any atom is -0.497 e. The molecule has 0 unspecified atom stereocenters. The zero-order chi connectivity index (χ0) is 20.1. The zero-order valence-electron chi connectivity index (χ0n) is 16.6. The second kappa shape index (κ2) is 8.98. The Kier molecular flexibility index (Phi) is 6.64. The molecule has 0 radical (unpaired) electrons. The Balaban J connectivity index is 1.72. The van der Waals surface area contributed by atoms with E-state index in [1.54, 1.807) is 35.7 Å². The zero-order valence-corrected chi connectivity index (χ0v) is 17.4. The fraction of sp³-hybridized carbons (Fsp3) is 0.500. The Labute approximate surface area is 166 Å². The smallest absolute Gasteiger partial charge is 0.243 e. The highest BCUT2D eigenvalue weighted by Gasteiger charge is 2.31. The molecule has 0 bridgehead atoms. The van der Waals surface area contributed by atoms with Crippen LogP contribution in [0.25, 0.3) is 0 Å². The number of methoxy groups -OCH3 is 1. The van der Waals surface area contributed by atoms with Crippen molar-refractivity contribution < 1.29 is 17.9 Å². The van der Waals surface area contributed by atoms with Crippen LogP contribution in [0.5, 0.6) is 5.75 Å². The highest BCUT2D eigenvalue weighted by Crippen LogP contribution is 2.32. The molecule has 152 valence electrons. The molecule has 0 saturated carbocycles. The molecule has 1 aromatic heterocycles. The van der Waals surface area contributed by atoms with E-state index in [4.69, 9.17) is 9.47 Å². The molecule has 2 heterocycles. The molecule has 0 N–H and O–H groups in total. The summed E-state index contributed by atoms with van der Waals surface area (Å²) in [5, 5.41) is 0. The van der Waals surface area contributed by atoms with E-state index in [9.17, 15) is 8.42 Å². The number of rotatable bonds is 7. The SMILES string of the molecule is CCOCc1cnc(C)nc1C1CCN(S(=O)(=O)c2ccc(OC)cc2)CC1. The lowest BCUT2D eigenvalue weighted by Crippen LogP contribution is -2.38. The first-order valence-electron chi connectivity index (χ1n) is 9.50. The number of sulfonamides is 1. The van der Waals surface area contributed by atoms with Gasteiger partial charge in [-0.15, -0.1) is 0 Å². The van der Waals surface area contributed by atoms with E-state index >= 15 is 0 Å². The molecule has 3 rings (SSSR count). The average molecular weight is 406 g/mol. The van der Waals surface area contributed by atoms with Gasteiger partial charge in [-0.25, -0.2) is 18.4 Å². The van der Waals surface area contributed by atoms with Crippen LogP contribution >= 0.6 is 0 Å². The lowest BCUT2D eigenvalue weighted by Gasteiger charge is -2.31. The van der Waals surface area contributed by atoms with Gasteiger partial charge >= 0.3 is 0 Å². The third-order valence-corrected chi connectivity index (χ3v) is 6.93. The monoisotopic (exact) mass is 405 g/mol. The summed E-state index contributed by atoms with van der Waals surface area (Å²) >= 11 is 0. The quantitative estimate of drug-likeness (QED) is 0.704. The van der Waals surface area contributed by atoms with Gasteiger partial charge < -0.3 is 9.47 Å². The van der Waals surface area contributed by atoms with E-state index < -0.39 is 10.0 Å². The first-order valence-corrected chi connectivity index (χ1v) is 10.9. The minimum atomic E-state index is -3.50. The predicted octanol–water partition coefficient (Wildman–Crippen LogP) is 2.90. The summed E-state index contributed by atoms with van der Waals surface area (Å²) < 4.78 is 38.1. The molecule has 0 amide bonds. The van der Waals surface area contributed by atoms with Crippen molar-refractivity contribution >= 4 is 10.0 Å². The van der Waals surface area contributed by atoms with Crippen LogP contribution in [0, 0.1) is 6.92 Å². The van der Waals surface area contributed by atoms with Crippen molar-refractivity contribution in [3.8, 4) is 5.75 Å². The molecule has 1 aliphatic heterocycles. The van der Waals surface area contributed by atoms with Crippen LogP contribution < -0.4 is 4.74 Å². The van der Waals surface area contributed by atoms with Crippen molar-refractivity contribution in [2.24, 2.45) is 0 Å². The van der Waals surface area contributed by atoms with Gasteiger partial charge in [0.25, 0.3) is 0 Å². The fourth-order valence-corrected chi connectivity index (χ4v) is 4.93. The Hall–Kier alpha value is -2.03. The maximum Gasteiger partial charge on any atom is 0.243 e. The van der Waals surface area contributed by atoms with Gasteiger partial charge in [-0.1, -0.05) is 0 Å². The fourth-order valence-electron chi connectivity index (χ4n) is 3.46. The molecule has 0 spiro atoms. The number of hydrogen-bond acceptors (Lipinski definition) is 6. The Morgan fingerprint density at radius 2 is 1.86 bits per heavy atom. The number of aromatic nitrogens is 2. The minimum absolute atomic E-state index is 0.208. The summed E-state index contributed by atoms with van der Waals surface area (Å²) in [6, 6.07) is 6.52. The molecule has 1 aromatic carbocycles. The van der Waals surface area contributed by atoms with Crippen LogP contribution in [0.3, 0.4) is 0 Å². The maximum atomic E-state index is 12.9. The van der Waals surface area contributed by atoms with Gasteiger partial charge in [-0.2, -0.15) is 4.31 Å². The van der Waals surface area contributed by atoms with Gasteiger partial charge in [0.1, 0.15) is 11.6 Å². The largest absolute Gasteiger partial charge is 0.497 e. The van der Waals surface area contributed by atoms with Gasteiger partial charge in [-0.3, -0.25) is 0 Å².